The van der Waals surface area contributed by atoms with E-state index in [0.29, 0.717) is 24.8 Å². The third-order valence-corrected chi connectivity index (χ3v) is 5.40. The Morgan fingerprint density at radius 3 is 1.83 bits per heavy atom. The molecule has 0 fully saturated rings. The van der Waals surface area contributed by atoms with E-state index < -0.39 is 36.2 Å². The fourth-order valence-corrected chi connectivity index (χ4v) is 2.86. The van der Waals surface area contributed by atoms with Crippen LogP contribution in [0, 0.1) is 5.92 Å². The van der Waals surface area contributed by atoms with Gasteiger partial charge in [-0.05, 0) is 57.2 Å². The largest absolute Gasteiger partial charge is 0.459 e. The van der Waals surface area contributed by atoms with Crippen LogP contribution >= 0.6 is 0 Å². The summed E-state index contributed by atoms with van der Waals surface area (Å²) in [5, 5.41) is 0. The number of ether oxygens (including phenoxy) is 4. The minimum Gasteiger partial charge on any atom is -0.459 e. The number of carbonyl (C=O) groups excluding carboxylic acids is 4. The molecule has 35 heavy (non-hydrogen) atoms. The minimum atomic E-state index is -1.01. The van der Waals surface area contributed by atoms with Crippen LogP contribution in [0.25, 0.3) is 0 Å². The van der Waals surface area contributed by atoms with Gasteiger partial charge in [-0.1, -0.05) is 33.8 Å². The maximum atomic E-state index is 12.5. The van der Waals surface area contributed by atoms with Gasteiger partial charge in [-0.2, -0.15) is 0 Å². The Morgan fingerprint density at radius 2 is 1.31 bits per heavy atom. The summed E-state index contributed by atoms with van der Waals surface area (Å²) in [6.45, 7) is 10.6. The molecule has 1 aromatic carbocycles. The molecule has 0 saturated carbocycles. The second kappa shape index (κ2) is 15.1. The summed E-state index contributed by atoms with van der Waals surface area (Å²) < 4.78 is 21.5. The Kier molecular flexibility index (Phi) is 13.0. The molecule has 1 unspecified atom stereocenters. The maximum Gasteiger partial charge on any atom is 0.323 e. The number of hydrogen-bond acceptors (Lipinski definition) is 9. The van der Waals surface area contributed by atoms with Crippen LogP contribution in [0.4, 0.5) is 0 Å². The van der Waals surface area contributed by atoms with E-state index in [9.17, 15) is 19.2 Å². The highest BCUT2D eigenvalue weighted by Crippen LogP contribution is 2.30. The number of esters is 4. The first kappa shape index (κ1) is 30.1. The van der Waals surface area contributed by atoms with Crippen LogP contribution < -0.4 is 15.2 Å². The second-order valence-corrected chi connectivity index (χ2v) is 8.63. The van der Waals surface area contributed by atoms with Gasteiger partial charge in [0.05, 0.1) is 5.92 Å². The van der Waals surface area contributed by atoms with Gasteiger partial charge in [-0.15, -0.1) is 0 Å². The SMILES string of the molecule is CCCC(=O)Oc1ccc(C[C@H](N)C(=O)O[C@@H](C)[C@H](C)OC(=O)C(C)CC)cc1OC(=O)CCC. The van der Waals surface area contributed by atoms with Crippen LogP contribution in [-0.2, 0) is 35.1 Å². The lowest BCUT2D eigenvalue weighted by atomic mass is 10.1. The predicted molar refractivity (Wildman–Crippen MR) is 130 cm³/mol. The number of hydrogen-bond donors (Lipinski definition) is 1. The molecule has 0 bridgehead atoms. The molecular formula is C26H39NO8. The van der Waals surface area contributed by atoms with Crippen molar-refractivity contribution < 1.29 is 38.1 Å². The first-order valence-electron chi connectivity index (χ1n) is 12.2. The summed E-state index contributed by atoms with van der Waals surface area (Å²) >= 11 is 0. The summed E-state index contributed by atoms with van der Waals surface area (Å²) in [5.41, 5.74) is 6.64. The van der Waals surface area contributed by atoms with Gasteiger partial charge < -0.3 is 24.7 Å². The summed E-state index contributed by atoms with van der Waals surface area (Å²) in [4.78, 5) is 48.5. The molecule has 0 radical (unpaired) electrons. The molecule has 1 rings (SSSR count). The van der Waals surface area contributed by atoms with E-state index in [1.165, 1.54) is 12.1 Å². The van der Waals surface area contributed by atoms with Crippen molar-refractivity contribution in [2.45, 2.75) is 98.3 Å². The van der Waals surface area contributed by atoms with E-state index in [2.05, 4.69) is 0 Å². The van der Waals surface area contributed by atoms with Crippen LogP contribution in [0.3, 0.4) is 0 Å². The first-order valence-corrected chi connectivity index (χ1v) is 12.2. The number of rotatable bonds is 14. The lowest BCUT2D eigenvalue weighted by Gasteiger charge is -2.23. The van der Waals surface area contributed by atoms with Crippen LogP contribution in [0.15, 0.2) is 18.2 Å². The molecule has 4 atom stereocenters. The lowest BCUT2D eigenvalue weighted by Crippen LogP contribution is -2.40. The Bertz CT molecular complexity index is 869. The van der Waals surface area contributed by atoms with Crippen LogP contribution in [0.5, 0.6) is 11.5 Å². The minimum absolute atomic E-state index is 0.0879. The molecule has 1 aromatic rings. The van der Waals surface area contributed by atoms with Gasteiger partial charge in [0, 0.05) is 12.8 Å². The lowest BCUT2D eigenvalue weighted by molar-refractivity contribution is -0.168. The van der Waals surface area contributed by atoms with Crippen molar-refractivity contribution in [3.63, 3.8) is 0 Å². The molecule has 0 aromatic heterocycles. The molecule has 196 valence electrons. The molecule has 2 N–H and O–H groups in total. The van der Waals surface area contributed by atoms with Crippen molar-refractivity contribution in [2.75, 3.05) is 0 Å². The second-order valence-electron chi connectivity index (χ2n) is 8.63. The zero-order valence-electron chi connectivity index (χ0n) is 21.6. The van der Waals surface area contributed by atoms with E-state index in [-0.39, 0.29) is 42.6 Å². The highest BCUT2D eigenvalue weighted by atomic mass is 16.6. The van der Waals surface area contributed by atoms with Crippen molar-refractivity contribution in [2.24, 2.45) is 11.7 Å². The van der Waals surface area contributed by atoms with Gasteiger partial charge in [0.2, 0.25) is 0 Å². The van der Waals surface area contributed by atoms with E-state index >= 15 is 0 Å². The highest BCUT2D eigenvalue weighted by Gasteiger charge is 2.26. The quantitative estimate of drug-likeness (QED) is 0.303. The van der Waals surface area contributed by atoms with Gasteiger partial charge in [0.1, 0.15) is 18.2 Å². The number of nitrogens with two attached hydrogens (primary N) is 1. The molecule has 0 heterocycles. The van der Waals surface area contributed by atoms with E-state index in [1.54, 1.807) is 26.8 Å². The van der Waals surface area contributed by atoms with Gasteiger partial charge in [-0.25, -0.2) is 0 Å². The molecule has 0 amide bonds. The van der Waals surface area contributed by atoms with Gasteiger partial charge in [0.15, 0.2) is 11.5 Å². The smallest absolute Gasteiger partial charge is 0.323 e. The topological polar surface area (TPSA) is 131 Å². The van der Waals surface area contributed by atoms with Crippen molar-refractivity contribution >= 4 is 23.9 Å². The van der Waals surface area contributed by atoms with Crippen LogP contribution in [-0.4, -0.2) is 42.1 Å². The molecule has 0 saturated heterocycles. The normalized spacial score (nSPS) is 14.3. The summed E-state index contributed by atoms with van der Waals surface area (Å²) in [6.07, 6.45) is 1.07. The number of carbonyl (C=O) groups is 4. The van der Waals surface area contributed by atoms with E-state index in [0.717, 1.165) is 0 Å². The van der Waals surface area contributed by atoms with Crippen molar-refractivity contribution in [3.8, 4) is 11.5 Å². The zero-order chi connectivity index (χ0) is 26.5. The summed E-state index contributed by atoms with van der Waals surface area (Å²) in [7, 11) is 0. The zero-order valence-corrected chi connectivity index (χ0v) is 21.6. The van der Waals surface area contributed by atoms with Crippen molar-refractivity contribution in [3.05, 3.63) is 23.8 Å². The summed E-state index contributed by atoms with van der Waals surface area (Å²) in [5.74, 6) is -1.94. The highest BCUT2D eigenvalue weighted by molar-refractivity contribution is 5.77. The van der Waals surface area contributed by atoms with Crippen molar-refractivity contribution in [1.29, 1.82) is 0 Å². The predicted octanol–water partition coefficient (Wildman–Crippen LogP) is 3.88. The molecular weight excluding hydrogens is 454 g/mol. The average Bonchev–Trinajstić information content (AvgIpc) is 2.80. The molecule has 0 aliphatic carbocycles. The fourth-order valence-electron chi connectivity index (χ4n) is 2.86. The van der Waals surface area contributed by atoms with Gasteiger partial charge in [-0.3, -0.25) is 19.2 Å². The molecule has 9 heteroatoms. The maximum absolute atomic E-state index is 12.5. The fraction of sp³-hybridized carbons (Fsp3) is 0.615. The third-order valence-electron chi connectivity index (χ3n) is 5.40. The van der Waals surface area contributed by atoms with Crippen molar-refractivity contribution in [1.82, 2.24) is 0 Å². The first-order chi connectivity index (χ1) is 16.5. The monoisotopic (exact) mass is 493 g/mol. The Morgan fingerprint density at radius 1 is 0.800 bits per heavy atom. The Labute approximate surface area is 207 Å². The number of benzene rings is 1. The van der Waals surface area contributed by atoms with Crippen LogP contribution in [0.1, 0.15) is 79.2 Å². The van der Waals surface area contributed by atoms with Gasteiger partial charge in [0.25, 0.3) is 0 Å². The molecule has 9 nitrogen and oxygen atoms in total. The van der Waals surface area contributed by atoms with E-state index in [1.807, 2.05) is 20.8 Å². The molecule has 0 aliphatic heterocycles. The third kappa shape index (κ3) is 10.5. The Hall–Kier alpha value is -2.94. The Balaban J connectivity index is 2.87. The van der Waals surface area contributed by atoms with Gasteiger partial charge >= 0.3 is 23.9 Å². The van der Waals surface area contributed by atoms with Crippen LogP contribution in [0.2, 0.25) is 0 Å². The standard InChI is InChI=1S/C26H39NO8/c1-7-10-23(28)34-21-13-12-19(15-22(21)35-24(29)11-8-2)14-20(27)26(31)33-18(6)17(5)32-25(30)16(4)9-3/h12-13,15-18,20H,7-11,14,27H2,1-6H3/t16?,17-,18-,20-/m0/s1. The molecule has 0 aliphatic rings. The average molecular weight is 494 g/mol. The summed E-state index contributed by atoms with van der Waals surface area (Å²) in [6, 6.07) is 3.66. The van der Waals surface area contributed by atoms with E-state index in [4.69, 9.17) is 24.7 Å². The molecule has 0 spiro atoms.